The molecule has 0 bridgehead atoms. The number of guanidine groups is 1. The van der Waals surface area contributed by atoms with Crippen molar-refractivity contribution < 1.29 is 0 Å². The average molecular weight is 302 g/mol. The molecule has 1 fully saturated rings. The molecule has 122 valence electrons. The zero-order valence-electron chi connectivity index (χ0n) is 14.2. The van der Waals surface area contributed by atoms with E-state index in [-0.39, 0.29) is 0 Å². The molecule has 1 aromatic rings. The van der Waals surface area contributed by atoms with Gasteiger partial charge in [-0.2, -0.15) is 0 Å². The third-order valence-electron chi connectivity index (χ3n) is 4.46. The number of aryl methyl sites for hydroxylation is 1. The molecule has 4 nitrogen and oxygen atoms in total. The number of likely N-dealkylation sites (tertiary alicyclic amines) is 1. The molecule has 1 aliphatic heterocycles. The van der Waals surface area contributed by atoms with Gasteiger partial charge in [0.15, 0.2) is 5.96 Å². The lowest BCUT2D eigenvalue weighted by Crippen LogP contribution is -2.45. The predicted molar refractivity (Wildman–Crippen MR) is 94.5 cm³/mol. The first-order chi connectivity index (χ1) is 10.7. The topological polar surface area (TPSA) is 39.7 Å². The van der Waals surface area contributed by atoms with Crippen molar-refractivity contribution in [2.24, 2.45) is 4.99 Å². The van der Waals surface area contributed by atoms with E-state index in [4.69, 9.17) is 0 Å². The van der Waals surface area contributed by atoms with Crippen LogP contribution in [-0.4, -0.2) is 50.1 Å². The summed E-state index contributed by atoms with van der Waals surface area (Å²) in [6, 6.07) is 9.39. The summed E-state index contributed by atoms with van der Waals surface area (Å²) in [7, 11) is 1.84. The first-order valence-corrected chi connectivity index (χ1v) is 8.47. The van der Waals surface area contributed by atoms with Crippen LogP contribution in [0.4, 0.5) is 0 Å². The molecule has 2 N–H and O–H groups in total. The first kappa shape index (κ1) is 16.8. The highest BCUT2D eigenvalue weighted by atomic mass is 15.2. The molecular weight excluding hydrogens is 272 g/mol. The molecule has 4 heteroatoms. The van der Waals surface area contributed by atoms with Crippen LogP contribution < -0.4 is 10.6 Å². The zero-order chi connectivity index (χ0) is 15.8. The van der Waals surface area contributed by atoms with E-state index in [1.165, 1.54) is 30.5 Å². The van der Waals surface area contributed by atoms with Crippen LogP contribution >= 0.6 is 0 Å². The minimum atomic E-state index is 0.653. The second kappa shape index (κ2) is 8.79. The summed E-state index contributed by atoms with van der Waals surface area (Å²) in [5.74, 6) is 0.912. The van der Waals surface area contributed by atoms with E-state index >= 15 is 0 Å². The molecule has 1 saturated heterocycles. The lowest BCUT2D eigenvalue weighted by molar-refractivity contribution is 0.267. The molecule has 1 aromatic carbocycles. The van der Waals surface area contributed by atoms with E-state index in [0.717, 1.165) is 32.0 Å². The van der Waals surface area contributed by atoms with Crippen molar-refractivity contribution in [1.29, 1.82) is 0 Å². The number of nitrogens with one attached hydrogen (secondary N) is 2. The Labute approximate surface area is 135 Å². The Morgan fingerprint density at radius 2 is 2.05 bits per heavy atom. The smallest absolute Gasteiger partial charge is 0.191 e. The quantitative estimate of drug-likeness (QED) is 0.625. The summed E-state index contributed by atoms with van der Waals surface area (Å²) in [6.45, 7) is 8.64. The van der Waals surface area contributed by atoms with Crippen molar-refractivity contribution in [3.8, 4) is 0 Å². The monoisotopic (exact) mass is 302 g/mol. The summed E-state index contributed by atoms with van der Waals surface area (Å²) in [5.41, 5.74) is 2.67. The minimum Gasteiger partial charge on any atom is -0.356 e. The molecule has 0 spiro atoms. The van der Waals surface area contributed by atoms with Crippen molar-refractivity contribution in [1.82, 2.24) is 15.5 Å². The Kier molecular flexibility index (Phi) is 6.72. The highest BCUT2D eigenvalue weighted by Crippen LogP contribution is 2.15. The highest BCUT2D eigenvalue weighted by molar-refractivity contribution is 5.79. The van der Waals surface area contributed by atoms with Gasteiger partial charge in [0.2, 0.25) is 0 Å². The lowest BCUT2D eigenvalue weighted by atomic mass is 10.1. The fourth-order valence-corrected chi connectivity index (χ4v) is 3.06. The molecule has 1 heterocycles. The van der Waals surface area contributed by atoms with Crippen LogP contribution in [0.1, 0.15) is 30.9 Å². The van der Waals surface area contributed by atoms with Gasteiger partial charge < -0.3 is 10.6 Å². The third-order valence-corrected chi connectivity index (χ3v) is 4.46. The fourth-order valence-electron chi connectivity index (χ4n) is 3.06. The minimum absolute atomic E-state index is 0.653. The number of benzene rings is 1. The van der Waals surface area contributed by atoms with Gasteiger partial charge in [0.05, 0.1) is 0 Å². The van der Waals surface area contributed by atoms with Gasteiger partial charge in [-0.1, -0.05) is 36.8 Å². The van der Waals surface area contributed by atoms with E-state index in [1.54, 1.807) is 0 Å². The molecule has 0 amide bonds. The molecule has 2 rings (SSSR count). The Morgan fingerprint density at radius 1 is 1.27 bits per heavy atom. The first-order valence-electron chi connectivity index (χ1n) is 8.47. The number of hydrogen-bond acceptors (Lipinski definition) is 2. The van der Waals surface area contributed by atoms with Gasteiger partial charge in [0, 0.05) is 26.2 Å². The van der Waals surface area contributed by atoms with Crippen LogP contribution in [0.2, 0.25) is 0 Å². The lowest BCUT2D eigenvalue weighted by Gasteiger charge is -2.24. The number of hydrogen-bond donors (Lipinski definition) is 2. The fraction of sp³-hybridized carbons (Fsp3) is 0.611. The molecule has 0 saturated carbocycles. The third kappa shape index (κ3) is 5.02. The summed E-state index contributed by atoms with van der Waals surface area (Å²) >= 11 is 0. The Hall–Kier alpha value is -1.55. The second-order valence-electron chi connectivity index (χ2n) is 6.04. The van der Waals surface area contributed by atoms with Crippen LogP contribution in [0.25, 0.3) is 0 Å². The zero-order valence-corrected chi connectivity index (χ0v) is 14.2. The van der Waals surface area contributed by atoms with E-state index in [1.807, 2.05) is 7.05 Å². The van der Waals surface area contributed by atoms with E-state index in [9.17, 15) is 0 Å². The van der Waals surface area contributed by atoms with E-state index < -0.39 is 0 Å². The maximum Gasteiger partial charge on any atom is 0.191 e. The average Bonchev–Trinajstić information content (AvgIpc) is 3.00. The molecule has 22 heavy (non-hydrogen) atoms. The molecule has 1 atom stereocenters. The van der Waals surface area contributed by atoms with Gasteiger partial charge in [-0.15, -0.1) is 0 Å². The Bertz CT molecular complexity index is 466. The number of rotatable bonds is 6. The number of nitrogens with zero attached hydrogens (tertiary/aromatic N) is 2. The standard InChI is InChI=1S/C18H30N4/c1-4-22-13-5-6-17(22)14-21-18(19-3)20-12-11-16-9-7-15(2)8-10-16/h7-10,17H,4-6,11-14H2,1-3H3,(H2,19,20,21). The molecule has 0 radical (unpaired) electrons. The maximum absolute atomic E-state index is 4.32. The number of likely N-dealkylation sites (N-methyl/N-ethyl adjacent to an activating group) is 1. The van der Waals surface area contributed by atoms with Crippen molar-refractivity contribution in [3.05, 3.63) is 35.4 Å². The molecular formula is C18H30N4. The highest BCUT2D eigenvalue weighted by Gasteiger charge is 2.22. The van der Waals surface area contributed by atoms with Crippen LogP contribution in [0.15, 0.2) is 29.3 Å². The molecule has 1 aliphatic rings. The SMILES string of the molecule is CCN1CCCC1CNC(=NC)NCCc1ccc(C)cc1. The van der Waals surface area contributed by atoms with Crippen LogP contribution in [0, 0.1) is 6.92 Å². The Balaban J connectivity index is 1.70. The normalized spacial score (nSPS) is 19.4. The summed E-state index contributed by atoms with van der Waals surface area (Å²) in [5, 5.41) is 6.88. The maximum atomic E-state index is 4.32. The van der Waals surface area contributed by atoms with Gasteiger partial charge in [0.1, 0.15) is 0 Å². The van der Waals surface area contributed by atoms with Crippen molar-refractivity contribution in [2.45, 2.75) is 39.2 Å². The van der Waals surface area contributed by atoms with Crippen LogP contribution in [-0.2, 0) is 6.42 Å². The van der Waals surface area contributed by atoms with Crippen molar-refractivity contribution in [3.63, 3.8) is 0 Å². The molecule has 0 aliphatic carbocycles. The van der Waals surface area contributed by atoms with Gasteiger partial charge in [-0.25, -0.2) is 0 Å². The Morgan fingerprint density at radius 3 is 2.73 bits per heavy atom. The summed E-state index contributed by atoms with van der Waals surface area (Å²) in [6.07, 6.45) is 3.63. The van der Waals surface area contributed by atoms with Crippen LogP contribution in [0.5, 0.6) is 0 Å². The van der Waals surface area contributed by atoms with E-state index in [2.05, 4.69) is 58.6 Å². The molecule has 0 aromatic heterocycles. The van der Waals surface area contributed by atoms with Gasteiger partial charge in [-0.3, -0.25) is 9.89 Å². The second-order valence-corrected chi connectivity index (χ2v) is 6.04. The van der Waals surface area contributed by atoms with Gasteiger partial charge in [-0.05, 0) is 44.8 Å². The number of aliphatic imine (C=N–C) groups is 1. The van der Waals surface area contributed by atoms with Crippen molar-refractivity contribution in [2.75, 3.05) is 33.2 Å². The summed E-state index contributed by atoms with van der Waals surface area (Å²) < 4.78 is 0. The van der Waals surface area contributed by atoms with Gasteiger partial charge in [0.25, 0.3) is 0 Å². The summed E-state index contributed by atoms with van der Waals surface area (Å²) in [4.78, 5) is 6.87. The van der Waals surface area contributed by atoms with Gasteiger partial charge >= 0.3 is 0 Å². The van der Waals surface area contributed by atoms with Crippen molar-refractivity contribution >= 4 is 5.96 Å². The predicted octanol–water partition coefficient (Wildman–Crippen LogP) is 2.19. The van der Waals surface area contributed by atoms with Crippen LogP contribution in [0.3, 0.4) is 0 Å². The van der Waals surface area contributed by atoms with E-state index in [0.29, 0.717) is 6.04 Å². The largest absolute Gasteiger partial charge is 0.356 e. The molecule has 1 unspecified atom stereocenters.